The van der Waals surface area contributed by atoms with Crippen molar-refractivity contribution in [2.75, 3.05) is 32.7 Å². The second-order valence-corrected chi connectivity index (χ2v) is 9.16. The lowest BCUT2D eigenvalue weighted by atomic mass is 10.1. The number of nitrogens with two attached hydrogens (primary N) is 1. The molecule has 0 bridgehead atoms. The lowest BCUT2D eigenvalue weighted by Gasteiger charge is -2.24. The Balaban J connectivity index is 0.00000264. The average molecular weight is 402 g/mol. The molecule has 0 radical (unpaired) electrons. The van der Waals surface area contributed by atoms with Crippen LogP contribution in [-0.4, -0.2) is 56.3 Å². The number of thiophene rings is 1. The van der Waals surface area contributed by atoms with Gasteiger partial charge in [-0.05, 0) is 18.6 Å². The van der Waals surface area contributed by atoms with Crippen molar-refractivity contribution in [1.29, 1.82) is 0 Å². The molecule has 1 aliphatic heterocycles. The highest BCUT2D eigenvalue weighted by atomic mass is 35.5. The molecule has 10 heteroatoms. The monoisotopic (exact) mass is 401 g/mol. The maximum atomic E-state index is 12.6. The molecule has 1 atom stereocenters. The largest absolute Gasteiger partial charge is 0.341 e. The maximum absolute atomic E-state index is 12.6. The highest BCUT2D eigenvalue weighted by molar-refractivity contribution is 7.91. The summed E-state index contributed by atoms with van der Waals surface area (Å²) in [4.78, 5) is 13.9. The van der Waals surface area contributed by atoms with Gasteiger partial charge in [-0.25, -0.2) is 8.42 Å². The van der Waals surface area contributed by atoms with Crippen molar-refractivity contribution in [2.24, 2.45) is 11.7 Å². The number of rotatable bonds is 4. The molecule has 132 valence electrons. The third-order valence-corrected chi connectivity index (χ3v) is 7.28. The summed E-state index contributed by atoms with van der Waals surface area (Å²) in [6, 6.07) is 3.10. The average Bonchev–Trinajstić information content (AvgIpc) is 2.79. The molecule has 0 aliphatic carbocycles. The summed E-state index contributed by atoms with van der Waals surface area (Å²) in [5.74, 6) is -0.250. The zero-order valence-corrected chi connectivity index (χ0v) is 16.0. The number of hydrogen-bond donors (Lipinski definition) is 1. The molecule has 1 aliphatic rings. The molecule has 1 aromatic heterocycles. The number of halogens is 2. The van der Waals surface area contributed by atoms with Crippen LogP contribution in [0.2, 0.25) is 4.34 Å². The third-order valence-electron chi connectivity index (χ3n) is 3.68. The van der Waals surface area contributed by atoms with Crippen LogP contribution in [0.5, 0.6) is 0 Å². The summed E-state index contributed by atoms with van der Waals surface area (Å²) < 4.78 is 27.3. The Labute approximate surface area is 152 Å². The number of hydrogen-bond acceptors (Lipinski definition) is 5. The number of sulfonamides is 1. The Morgan fingerprint density at radius 2 is 2.04 bits per heavy atom. The number of carbonyl (C=O) groups excluding carboxylic acids is 1. The maximum Gasteiger partial charge on any atom is 0.252 e. The van der Waals surface area contributed by atoms with Gasteiger partial charge >= 0.3 is 0 Å². The van der Waals surface area contributed by atoms with E-state index in [0.29, 0.717) is 43.5 Å². The minimum Gasteiger partial charge on any atom is -0.341 e. The first-order valence-corrected chi connectivity index (χ1v) is 9.74. The van der Waals surface area contributed by atoms with Crippen molar-refractivity contribution in [3.8, 4) is 0 Å². The lowest BCUT2D eigenvalue weighted by Crippen LogP contribution is -2.41. The van der Waals surface area contributed by atoms with E-state index < -0.39 is 10.0 Å². The van der Waals surface area contributed by atoms with E-state index in [1.165, 1.54) is 10.4 Å². The zero-order chi connectivity index (χ0) is 16.3. The van der Waals surface area contributed by atoms with Crippen molar-refractivity contribution in [1.82, 2.24) is 9.21 Å². The van der Waals surface area contributed by atoms with Crippen LogP contribution in [-0.2, 0) is 14.8 Å². The molecule has 0 spiro atoms. The van der Waals surface area contributed by atoms with E-state index in [1.807, 2.05) is 0 Å². The van der Waals surface area contributed by atoms with Gasteiger partial charge in [-0.3, -0.25) is 4.79 Å². The van der Waals surface area contributed by atoms with Gasteiger partial charge in [0.2, 0.25) is 5.91 Å². The molecule has 1 fully saturated rings. The van der Waals surface area contributed by atoms with E-state index in [2.05, 4.69) is 0 Å². The highest BCUT2D eigenvalue weighted by Crippen LogP contribution is 2.28. The molecule has 2 rings (SSSR count). The quantitative estimate of drug-likeness (QED) is 0.830. The van der Waals surface area contributed by atoms with Crippen LogP contribution in [0.1, 0.15) is 13.3 Å². The number of nitrogens with zero attached hydrogens (tertiary/aromatic N) is 2. The van der Waals surface area contributed by atoms with Crippen LogP contribution in [0.15, 0.2) is 16.3 Å². The summed E-state index contributed by atoms with van der Waals surface area (Å²) in [7, 11) is -3.53. The SMILES string of the molecule is CC(CN)C(=O)N1CCCN(S(=O)(=O)c2ccc(Cl)s2)CC1.Cl. The fourth-order valence-corrected chi connectivity index (χ4v) is 5.44. The van der Waals surface area contributed by atoms with Gasteiger partial charge in [0.25, 0.3) is 10.0 Å². The lowest BCUT2D eigenvalue weighted by molar-refractivity contribution is -0.134. The van der Waals surface area contributed by atoms with Crippen LogP contribution >= 0.6 is 35.3 Å². The predicted octanol–water partition coefficient (Wildman–Crippen LogP) is 1.64. The second kappa shape index (κ2) is 8.64. The van der Waals surface area contributed by atoms with Gasteiger partial charge in [-0.15, -0.1) is 23.7 Å². The summed E-state index contributed by atoms with van der Waals surface area (Å²) in [6.45, 7) is 3.72. The van der Waals surface area contributed by atoms with Gasteiger partial charge in [-0.1, -0.05) is 18.5 Å². The van der Waals surface area contributed by atoms with E-state index in [1.54, 1.807) is 17.9 Å². The first-order chi connectivity index (χ1) is 10.4. The fraction of sp³-hybridized carbons (Fsp3) is 0.615. The van der Waals surface area contributed by atoms with Crippen LogP contribution in [0.25, 0.3) is 0 Å². The van der Waals surface area contributed by atoms with Crippen LogP contribution < -0.4 is 5.73 Å². The fourth-order valence-electron chi connectivity index (χ4n) is 2.33. The minimum atomic E-state index is -3.53. The molecule has 0 aromatic carbocycles. The molecule has 23 heavy (non-hydrogen) atoms. The van der Waals surface area contributed by atoms with E-state index >= 15 is 0 Å². The van der Waals surface area contributed by atoms with Crippen LogP contribution in [0.4, 0.5) is 0 Å². The van der Waals surface area contributed by atoms with Gasteiger partial charge < -0.3 is 10.6 Å². The first kappa shape index (κ1) is 20.7. The van der Waals surface area contributed by atoms with Gasteiger partial charge in [0.1, 0.15) is 4.21 Å². The Bertz CT molecular complexity index is 636. The van der Waals surface area contributed by atoms with E-state index in [0.717, 1.165) is 11.3 Å². The third kappa shape index (κ3) is 4.80. The standard InChI is InChI=1S/C13H20ClN3O3S2.ClH/c1-10(9-15)13(18)16-5-2-6-17(8-7-16)22(19,20)12-4-3-11(14)21-12;/h3-4,10H,2,5-9,15H2,1H3;1H. The Morgan fingerprint density at radius 1 is 1.35 bits per heavy atom. The Hall–Kier alpha value is -0.380. The minimum absolute atomic E-state index is 0. The number of carbonyl (C=O) groups is 1. The molecule has 1 saturated heterocycles. The summed E-state index contributed by atoms with van der Waals surface area (Å²) in [6.07, 6.45) is 0.612. The zero-order valence-electron chi connectivity index (χ0n) is 12.8. The predicted molar refractivity (Wildman–Crippen MR) is 94.8 cm³/mol. The molecular formula is C13H21Cl2N3O3S2. The van der Waals surface area contributed by atoms with Crippen molar-refractivity contribution < 1.29 is 13.2 Å². The van der Waals surface area contributed by atoms with E-state index in [-0.39, 0.29) is 28.4 Å². The van der Waals surface area contributed by atoms with Gasteiger partial charge in [0.05, 0.1) is 4.34 Å². The highest BCUT2D eigenvalue weighted by Gasteiger charge is 2.30. The Morgan fingerprint density at radius 3 is 2.61 bits per heavy atom. The van der Waals surface area contributed by atoms with Crippen molar-refractivity contribution >= 4 is 51.3 Å². The molecule has 1 unspecified atom stereocenters. The molecular weight excluding hydrogens is 381 g/mol. The summed E-state index contributed by atoms with van der Waals surface area (Å²) in [5, 5.41) is 0. The summed E-state index contributed by atoms with van der Waals surface area (Å²) >= 11 is 6.87. The second-order valence-electron chi connectivity index (χ2n) is 5.28. The molecule has 2 heterocycles. The number of amides is 1. The normalized spacial score (nSPS) is 18.1. The van der Waals surface area contributed by atoms with Crippen molar-refractivity contribution in [3.63, 3.8) is 0 Å². The molecule has 1 amide bonds. The van der Waals surface area contributed by atoms with E-state index in [9.17, 15) is 13.2 Å². The van der Waals surface area contributed by atoms with Crippen molar-refractivity contribution in [3.05, 3.63) is 16.5 Å². The van der Waals surface area contributed by atoms with Crippen LogP contribution in [0.3, 0.4) is 0 Å². The van der Waals surface area contributed by atoms with Crippen LogP contribution in [0, 0.1) is 5.92 Å². The molecule has 1 aromatic rings. The van der Waals surface area contributed by atoms with Gasteiger partial charge in [-0.2, -0.15) is 4.31 Å². The smallest absolute Gasteiger partial charge is 0.252 e. The Kier molecular flexibility index (Phi) is 7.76. The molecule has 6 nitrogen and oxygen atoms in total. The topological polar surface area (TPSA) is 83.7 Å². The molecule has 0 saturated carbocycles. The summed E-state index contributed by atoms with van der Waals surface area (Å²) in [5.41, 5.74) is 5.53. The van der Waals surface area contributed by atoms with E-state index in [4.69, 9.17) is 17.3 Å². The first-order valence-electron chi connectivity index (χ1n) is 7.10. The van der Waals surface area contributed by atoms with Crippen molar-refractivity contribution in [2.45, 2.75) is 17.6 Å². The van der Waals surface area contributed by atoms with Gasteiger partial charge in [0, 0.05) is 38.6 Å². The molecule has 2 N–H and O–H groups in total. The van der Waals surface area contributed by atoms with Gasteiger partial charge in [0.15, 0.2) is 0 Å².